The van der Waals surface area contributed by atoms with E-state index in [1.165, 1.54) is 12.1 Å². The summed E-state index contributed by atoms with van der Waals surface area (Å²) in [6.45, 7) is 12.0. The van der Waals surface area contributed by atoms with Crippen LogP contribution in [0.5, 0.6) is 0 Å². The van der Waals surface area contributed by atoms with Crippen molar-refractivity contribution in [3.05, 3.63) is 36.3 Å². The normalized spacial score (nSPS) is 13.9. The van der Waals surface area contributed by atoms with Crippen molar-refractivity contribution in [2.45, 2.75) is 51.9 Å². The summed E-state index contributed by atoms with van der Waals surface area (Å²) in [4.78, 5) is 0. The molecule has 4 heteroatoms. The number of hydrogen-bond donors (Lipinski definition) is 0. The van der Waals surface area contributed by atoms with E-state index in [-0.39, 0.29) is 16.1 Å². The lowest BCUT2D eigenvalue weighted by Gasteiger charge is -2.42. The molecule has 1 heterocycles. The molecule has 0 radical (unpaired) electrons. The Labute approximate surface area is 120 Å². The number of halogens is 1. The first-order chi connectivity index (χ1) is 8.98. The molecule has 1 aromatic heterocycles. The Morgan fingerprint density at radius 1 is 1.00 bits per heavy atom. The van der Waals surface area contributed by atoms with Crippen molar-refractivity contribution in [2.24, 2.45) is 0 Å². The summed E-state index contributed by atoms with van der Waals surface area (Å²) in [6, 6.07) is 6.47. The lowest BCUT2D eigenvalue weighted by atomic mass is 10.2. The minimum atomic E-state index is -2.76. The van der Waals surface area contributed by atoms with Crippen LogP contribution in [0.1, 0.15) is 41.5 Å². The second-order valence-corrected chi connectivity index (χ2v) is 11.5. The first kappa shape index (κ1) is 15.3. The van der Waals surface area contributed by atoms with Gasteiger partial charge in [0.15, 0.2) is 7.29 Å². The zero-order valence-electron chi connectivity index (χ0n) is 13.1. The maximum atomic E-state index is 13.9. The maximum Gasteiger partial charge on any atom is 0.186 e. The average Bonchev–Trinajstić information content (AvgIpc) is 2.67. The highest BCUT2D eigenvalue weighted by atomic mass is 31.2. The van der Waals surface area contributed by atoms with Gasteiger partial charge in [-0.2, -0.15) is 0 Å². The molecule has 110 valence electrons. The Morgan fingerprint density at radius 2 is 1.55 bits per heavy atom. The van der Waals surface area contributed by atoms with Crippen LogP contribution in [-0.4, -0.2) is 14.6 Å². The highest BCUT2D eigenvalue weighted by Crippen LogP contribution is 2.68. The summed E-state index contributed by atoms with van der Waals surface area (Å²) in [7, 11) is -2.76. The summed E-state index contributed by atoms with van der Waals surface area (Å²) in [5, 5.41) is 0.0516. The summed E-state index contributed by atoms with van der Waals surface area (Å²) < 4.78 is 29.1. The molecule has 0 aliphatic carbocycles. The van der Waals surface area contributed by atoms with E-state index in [9.17, 15) is 8.96 Å². The van der Waals surface area contributed by atoms with Crippen molar-refractivity contribution >= 4 is 18.2 Å². The van der Waals surface area contributed by atoms with Gasteiger partial charge in [-0.25, -0.2) is 4.39 Å². The molecule has 0 amide bonds. The van der Waals surface area contributed by atoms with Crippen molar-refractivity contribution in [1.82, 2.24) is 4.34 Å². The van der Waals surface area contributed by atoms with Crippen molar-refractivity contribution < 1.29 is 8.96 Å². The molecule has 0 N–H and O–H groups in total. The van der Waals surface area contributed by atoms with Gasteiger partial charge in [-0.15, -0.1) is 0 Å². The molecule has 0 aliphatic heterocycles. The van der Waals surface area contributed by atoms with E-state index in [1.807, 2.05) is 58.1 Å². The number of nitrogens with zero attached hydrogens (tertiary/aromatic N) is 1. The molecule has 20 heavy (non-hydrogen) atoms. The minimum Gasteiger partial charge on any atom is -0.299 e. The zero-order valence-corrected chi connectivity index (χ0v) is 14.0. The fourth-order valence-corrected chi connectivity index (χ4v) is 7.04. The van der Waals surface area contributed by atoms with Gasteiger partial charge in [-0.3, -0.25) is 8.90 Å². The highest BCUT2D eigenvalue weighted by molar-refractivity contribution is 7.65. The fourth-order valence-electron chi connectivity index (χ4n) is 3.00. The summed E-state index contributed by atoms with van der Waals surface area (Å²) in [5.74, 6) is -0.267. The molecule has 0 atom stereocenters. The standard InChI is InChI=1S/C16H23FNOP/c1-15(2,3)20(19,16(4,5)6)18-10-9-12-11-13(17)7-8-14(12)18/h7-11H,1-6H3. The summed E-state index contributed by atoms with van der Waals surface area (Å²) in [6.07, 6.45) is 1.83. The van der Waals surface area contributed by atoms with Crippen LogP contribution in [0, 0.1) is 5.82 Å². The molecule has 2 aromatic rings. The van der Waals surface area contributed by atoms with E-state index in [4.69, 9.17) is 0 Å². The molecule has 0 saturated carbocycles. The van der Waals surface area contributed by atoms with E-state index in [1.54, 1.807) is 6.07 Å². The Balaban J connectivity index is 2.81. The van der Waals surface area contributed by atoms with E-state index >= 15 is 0 Å². The largest absolute Gasteiger partial charge is 0.299 e. The van der Waals surface area contributed by atoms with E-state index in [2.05, 4.69) is 0 Å². The lowest BCUT2D eigenvalue weighted by molar-refractivity contribution is 0.509. The van der Waals surface area contributed by atoms with Crippen LogP contribution in [0.25, 0.3) is 10.9 Å². The summed E-state index contributed by atoms with van der Waals surface area (Å²) >= 11 is 0. The quantitative estimate of drug-likeness (QED) is 0.636. The second-order valence-electron chi connectivity index (χ2n) is 7.28. The van der Waals surface area contributed by atoms with Crippen LogP contribution < -0.4 is 0 Å². The minimum absolute atomic E-state index is 0.267. The smallest absolute Gasteiger partial charge is 0.186 e. The molecule has 0 saturated heterocycles. The third-order valence-electron chi connectivity index (χ3n) is 3.75. The summed E-state index contributed by atoms with van der Waals surface area (Å²) in [5.41, 5.74) is 0.833. The highest BCUT2D eigenvalue weighted by Gasteiger charge is 2.48. The Morgan fingerprint density at radius 3 is 2.05 bits per heavy atom. The Bertz CT molecular complexity index is 671. The fraction of sp³-hybridized carbons (Fsp3) is 0.500. The van der Waals surface area contributed by atoms with Crippen molar-refractivity contribution in [3.63, 3.8) is 0 Å². The lowest BCUT2D eigenvalue weighted by Crippen LogP contribution is -2.32. The molecule has 0 aliphatic rings. The first-order valence-corrected chi connectivity index (χ1v) is 8.52. The van der Waals surface area contributed by atoms with Crippen LogP contribution in [0.4, 0.5) is 4.39 Å². The second kappa shape index (κ2) is 4.46. The van der Waals surface area contributed by atoms with Gasteiger partial charge in [0, 0.05) is 21.9 Å². The van der Waals surface area contributed by atoms with E-state index in [0.29, 0.717) is 0 Å². The van der Waals surface area contributed by atoms with Gasteiger partial charge in [0.2, 0.25) is 0 Å². The number of fused-ring (bicyclic) bond motifs is 1. The molecule has 0 fully saturated rings. The van der Waals surface area contributed by atoms with Crippen molar-refractivity contribution in [1.29, 1.82) is 0 Å². The number of rotatable bonds is 1. The van der Waals surface area contributed by atoms with Crippen LogP contribution in [0.15, 0.2) is 30.5 Å². The maximum absolute atomic E-state index is 13.9. The van der Waals surface area contributed by atoms with Gasteiger partial charge in [0.25, 0.3) is 0 Å². The van der Waals surface area contributed by atoms with Gasteiger partial charge in [0.1, 0.15) is 5.82 Å². The monoisotopic (exact) mass is 295 g/mol. The molecule has 0 spiro atoms. The van der Waals surface area contributed by atoms with Crippen LogP contribution in [-0.2, 0) is 4.57 Å². The van der Waals surface area contributed by atoms with Gasteiger partial charge in [-0.1, -0.05) is 41.5 Å². The van der Waals surface area contributed by atoms with Crippen LogP contribution in [0.3, 0.4) is 0 Å². The van der Waals surface area contributed by atoms with Gasteiger partial charge in [0.05, 0.1) is 5.52 Å². The van der Waals surface area contributed by atoms with Crippen LogP contribution in [0.2, 0.25) is 0 Å². The van der Waals surface area contributed by atoms with Gasteiger partial charge in [-0.05, 0) is 24.3 Å². The zero-order chi connectivity index (χ0) is 15.3. The molecular formula is C16H23FNOP. The predicted molar refractivity (Wildman–Crippen MR) is 84.4 cm³/mol. The third kappa shape index (κ3) is 2.13. The number of aromatic nitrogens is 1. The SMILES string of the molecule is CC(C)(C)P(=O)(n1ccc2cc(F)ccc21)C(C)(C)C. The van der Waals surface area contributed by atoms with Crippen LogP contribution >= 0.6 is 7.29 Å². The molecule has 0 unspecified atom stereocenters. The van der Waals surface area contributed by atoms with Gasteiger partial charge < -0.3 is 0 Å². The number of benzene rings is 1. The molecular weight excluding hydrogens is 272 g/mol. The average molecular weight is 295 g/mol. The Kier molecular flexibility index (Phi) is 3.41. The molecule has 0 bridgehead atoms. The predicted octanol–water partition coefficient (Wildman–Crippen LogP) is 5.50. The van der Waals surface area contributed by atoms with E-state index < -0.39 is 7.29 Å². The van der Waals surface area contributed by atoms with Crippen molar-refractivity contribution in [3.8, 4) is 0 Å². The molecule has 1 aromatic carbocycles. The molecule has 2 nitrogen and oxygen atoms in total. The topological polar surface area (TPSA) is 22.0 Å². The van der Waals surface area contributed by atoms with Gasteiger partial charge >= 0.3 is 0 Å². The Hall–Kier alpha value is -1.08. The number of hydrogen-bond acceptors (Lipinski definition) is 1. The first-order valence-electron chi connectivity index (χ1n) is 6.86. The third-order valence-corrected chi connectivity index (χ3v) is 8.35. The molecule has 2 rings (SSSR count). The van der Waals surface area contributed by atoms with Crippen molar-refractivity contribution in [2.75, 3.05) is 0 Å². The van der Waals surface area contributed by atoms with E-state index in [0.717, 1.165) is 10.9 Å².